The largest absolute Gasteiger partial charge is 0.363 e. The predicted molar refractivity (Wildman–Crippen MR) is 133 cm³/mol. The van der Waals surface area contributed by atoms with E-state index in [2.05, 4.69) is 16.2 Å². The molecule has 3 fully saturated rings. The van der Waals surface area contributed by atoms with Crippen LogP contribution in [0.25, 0.3) is 6.08 Å². The average molecular weight is 534 g/mol. The van der Waals surface area contributed by atoms with E-state index in [9.17, 15) is 14.4 Å². The van der Waals surface area contributed by atoms with Crippen molar-refractivity contribution in [1.82, 2.24) is 16.2 Å². The van der Waals surface area contributed by atoms with Crippen LogP contribution >= 0.6 is 0 Å². The highest BCUT2D eigenvalue weighted by molar-refractivity contribution is 5.94. The minimum atomic E-state index is -0.940. The summed E-state index contributed by atoms with van der Waals surface area (Å²) in [6.45, 7) is 8.55. The molecular formula is C26H35N3O9. The summed E-state index contributed by atoms with van der Waals surface area (Å²) in [6.07, 6.45) is -0.0576. The Bertz CT molecular complexity index is 1050. The van der Waals surface area contributed by atoms with Crippen molar-refractivity contribution < 1.29 is 42.8 Å². The van der Waals surface area contributed by atoms with Gasteiger partial charge in [0.2, 0.25) is 5.91 Å². The molecule has 12 heteroatoms. The van der Waals surface area contributed by atoms with Gasteiger partial charge in [-0.2, -0.15) is 0 Å². The first kappa shape index (κ1) is 28.1. The molecule has 6 atom stereocenters. The molecule has 4 rings (SSSR count). The van der Waals surface area contributed by atoms with Crippen molar-refractivity contribution in [3.63, 3.8) is 0 Å². The van der Waals surface area contributed by atoms with Gasteiger partial charge in [0.15, 0.2) is 17.9 Å². The van der Waals surface area contributed by atoms with Crippen LogP contribution in [-0.4, -0.2) is 79.3 Å². The number of benzene rings is 1. The average Bonchev–Trinajstić information content (AvgIpc) is 3.48. The highest BCUT2D eigenvalue weighted by atomic mass is 16.8. The zero-order valence-corrected chi connectivity index (χ0v) is 22.1. The van der Waals surface area contributed by atoms with Gasteiger partial charge in [-0.1, -0.05) is 30.3 Å². The van der Waals surface area contributed by atoms with Crippen molar-refractivity contribution in [2.75, 3.05) is 13.2 Å². The third-order valence-electron chi connectivity index (χ3n) is 6.14. The zero-order chi connectivity index (χ0) is 27.5. The molecule has 12 nitrogen and oxygen atoms in total. The lowest BCUT2D eigenvalue weighted by Gasteiger charge is -2.29. The molecule has 0 spiro atoms. The fourth-order valence-corrected chi connectivity index (χ4v) is 4.40. The zero-order valence-electron chi connectivity index (χ0n) is 22.1. The second kappa shape index (κ2) is 11.5. The van der Waals surface area contributed by atoms with Crippen molar-refractivity contribution in [2.45, 2.75) is 82.9 Å². The number of fused-ring (bicyclic) bond motifs is 1. The normalized spacial score (nSPS) is 30.1. The van der Waals surface area contributed by atoms with E-state index in [1.54, 1.807) is 33.8 Å². The van der Waals surface area contributed by atoms with Gasteiger partial charge >= 0.3 is 0 Å². The first-order chi connectivity index (χ1) is 17.9. The number of nitrogens with one attached hydrogen (secondary N) is 3. The smallest absolute Gasteiger partial charge is 0.262 e. The van der Waals surface area contributed by atoms with Crippen LogP contribution in [0.1, 0.15) is 40.2 Å². The Balaban J connectivity index is 1.25. The summed E-state index contributed by atoms with van der Waals surface area (Å²) < 4.78 is 35.4. The lowest BCUT2D eigenvalue weighted by atomic mass is 10.1. The topological polar surface area (TPSA) is 143 Å². The van der Waals surface area contributed by atoms with Crippen molar-refractivity contribution >= 4 is 23.8 Å². The van der Waals surface area contributed by atoms with Crippen LogP contribution in [0.3, 0.4) is 0 Å². The molecular weight excluding hydrogens is 498 g/mol. The molecule has 1 aromatic rings. The minimum Gasteiger partial charge on any atom is -0.363 e. The molecule has 3 N–H and O–H groups in total. The van der Waals surface area contributed by atoms with Gasteiger partial charge in [0.1, 0.15) is 37.1 Å². The van der Waals surface area contributed by atoms with Gasteiger partial charge in [0.25, 0.3) is 11.8 Å². The first-order valence-electron chi connectivity index (χ1n) is 12.5. The van der Waals surface area contributed by atoms with Crippen LogP contribution < -0.4 is 16.2 Å². The van der Waals surface area contributed by atoms with E-state index in [0.717, 1.165) is 5.56 Å². The van der Waals surface area contributed by atoms with Crippen LogP contribution in [0.2, 0.25) is 0 Å². The van der Waals surface area contributed by atoms with E-state index in [1.807, 2.05) is 30.3 Å². The molecule has 208 valence electrons. The summed E-state index contributed by atoms with van der Waals surface area (Å²) in [5, 5.41) is 2.54. The van der Waals surface area contributed by atoms with Crippen LogP contribution in [0, 0.1) is 0 Å². The summed E-state index contributed by atoms with van der Waals surface area (Å²) in [4.78, 5) is 36.9. The standard InChI is InChI=1S/C26H35N3O9/c1-15(23(32)29-28-18(30)12-11-16-9-7-6-8-10-16)27-19(31)14-33-21-20(17-13-34-25(2,3)36-17)35-24-22(21)37-26(4,5)38-24/h6-12,15,17,20-22,24H,13-14H2,1-5H3,(H,27,31)(H,28,30)(H,29,32)/t15-,17-,20-,21-,22-,24+/m1/s1. The Morgan fingerprint density at radius 1 is 1.03 bits per heavy atom. The Morgan fingerprint density at radius 2 is 1.76 bits per heavy atom. The van der Waals surface area contributed by atoms with Gasteiger partial charge in [0, 0.05) is 6.08 Å². The third kappa shape index (κ3) is 7.16. The molecule has 3 heterocycles. The van der Waals surface area contributed by atoms with E-state index in [1.165, 1.54) is 13.0 Å². The number of amides is 3. The lowest BCUT2D eigenvalue weighted by Crippen LogP contribution is -2.52. The first-order valence-corrected chi connectivity index (χ1v) is 12.5. The monoisotopic (exact) mass is 533 g/mol. The van der Waals surface area contributed by atoms with Gasteiger partial charge in [-0.3, -0.25) is 25.2 Å². The fourth-order valence-electron chi connectivity index (χ4n) is 4.40. The summed E-state index contributed by atoms with van der Waals surface area (Å²) >= 11 is 0. The maximum Gasteiger partial charge on any atom is 0.262 e. The Hall–Kier alpha value is -2.87. The summed E-state index contributed by atoms with van der Waals surface area (Å²) in [7, 11) is 0. The van der Waals surface area contributed by atoms with Crippen LogP contribution in [0.5, 0.6) is 0 Å². The summed E-state index contributed by atoms with van der Waals surface area (Å²) in [6, 6.07) is 8.29. The molecule has 38 heavy (non-hydrogen) atoms. The van der Waals surface area contributed by atoms with Gasteiger partial charge in [0.05, 0.1) is 6.61 Å². The van der Waals surface area contributed by atoms with Gasteiger partial charge < -0.3 is 33.7 Å². The second-order valence-corrected chi connectivity index (χ2v) is 10.2. The Morgan fingerprint density at radius 3 is 2.45 bits per heavy atom. The van der Waals surface area contributed by atoms with Crippen molar-refractivity contribution in [3.8, 4) is 0 Å². The number of rotatable bonds is 8. The van der Waals surface area contributed by atoms with Gasteiger partial charge in [-0.15, -0.1) is 0 Å². The number of ether oxygens (including phenoxy) is 6. The fraction of sp³-hybridized carbons (Fsp3) is 0.577. The van der Waals surface area contributed by atoms with Crippen molar-refractivity contribution in [2.24, 2.45) is 0 Å². The molecule has 3 saturated heterocycles. The molecule has 3 aliphatic heterocycles. The second-order valence-electron chi connectivity index (χ2n) is 10.2. The van der Waals surface area contributed by atoms with Gasteiger partial charge in [-0.25, -0.2) is 0 Å². The van der Waals surface area contributed by atoms with Crippen LogP contribution in [0.4, 0.5) is 0 Å². The molecule has 0 bridgehead atoms. The molecule has 1 aromatic carbocycles. The Labute approximate surface area is 221 Å². The molecule has 0 saturated carbocycles. The van der Waals surface area contributed by atoms with E-state index in [0.29, 0.717) is 0 Å². The van der Waals surface area contributed by atoms with E-state index in [-0.39, 0.29) is 13.2 Å². The minimum absolute atomic E-state index is 0.288. The molecule has 3 aliphatic rings. The summed E-state index contributed by atoms with van der Waals surface area (Å²) in [5.74, 6) is -3.30. The number of carbonyl (C=O) groups excluding carboxylic acids is 3. The molecule has 0 aliphatic carbocycles. The predicted octanol–water partition coefficient (Wildman–Crippen LogP) is 0.765. The van der Waals surface area contributed by atoms with E-state index < -0.39 is 66.0 Å². The maximum atomic E-state index is 12.6. The SMILES string of the molecule is C[C@@H](NC(=O)CO[C@H]1[C@H]2OC(C)(C)O[C@@H]2O[C@@H]1[C@H]1COC(C)(C)O1)C(=O)NNC(=O)C=Cc1ccccc1. The number of hydrogen-bond donors (Lipinski definition) is 3. The molecule has 0 radical (unpaired) electrons. The number of carbonyl (C=O) groups is 3. The number of hydrogen-bond acceptors (Lipinski definition) is 9. The number of hydrazine groups is 1. The molecule has 3 amide bonds. The highest BCUT2D eigenvalue weighted by Gasteiger charge is 2.59. The van der Waals surface area contributed by atoms with Crippen LogP contribution in [0.15, 0.2) is 36.4 Å². The highest BCUT2D eigenvalue weighted by Crippen LogP contribution is 2.41. The van der Waals surface area contributed by atoms with Crippen molar-refractivity contribution in [3.05, 3.63) is 42.0 Å². The third-order valence-corrected chi connectivity index (χ3v) is 6.14. The van der Waals surface area contributed by atoms with Crippen LogP contribution in [-0.2, 0) is 42.8 Å². The Kier molecular flexibility index (Phi) is 8.50. The quantitative estimate of drug-likeness (QED) is 0.326. The summed E-state index contributed by atoms with van der Waals surface area (Å²) in [5.41, 5.74) is 5.40. The van der Waals surface area contributed by atoms with Crippen molar-refractivity contribution in [1.29, 1.82) is 0 Å². The lowest BCUT2D eigenvalue weighted by molar-refractivity contribution is -0.235. The van der Waals surface area contributed by atoms with Gasteiger partial charge in [-0.05, 0) is 46.3 Å². The van der Waals surface area contributed by atoms with E-state index in [4.69, 9.17) is 28.4 Å². The maximum absolute atomic E-state index is 12.6. The van der Waals surface area contributed by atoms with E-state index >= 15 is 0 Å². The molecule has 0 aromatic heterocycles. The molecule has 0 unspecified atom stereocenters.